The first-order chi connectivity index (χ1) is 11.7. The molecule has 0 aliphatic heterocycles. The Morgan fingerprint density at radius 2 is 2.04 bits per heavy atom. The van der Waals surface area contributed by atoms with Crippen LogP contribution in [0.4, 0.5) is 0 Å². The number of aryl methyl sites for hydroxylation is 1. The summed E-state index contributed by atoms with van der Waals surface area (Å²) in [6, 6.07) is 8.84. The van der Waals surface area contributed by atoms with Gasteiger partial charge in [0.25, 0.3) is 16.7 Å². The SMILES string of the molecule is Cc1occc1-c1nnc(SCn2nnc3ccccc3c2=O)o1. The van der Waals surface area contributed by atoms with Gasteiger partial charge in [-0.1, -0.05) is 17.3 Å². The molecular weight excluding hydrogens is 330 g/mol. The van der Waals surface area contributed by atoms with Gasteiger partial charge in [0.2, 0.25) is 0 Å². The van der Waals surface area contributed by atoms with Crippen molar-refractivity contribution in [1.82, 2.24) is 25.2 Å². The van der Waals surface area contributed by atoms with Crippen LogP contribution in [0.3, 0.4) is 0 Å². The Hall–Kier alpha value is -2.94. The smallest absolute Gasteiger partial charge is 0.278 e. The van der Waals surface area contributed by atoms with Gasteiger partial charge in [0.15, 0.2) is 0 Å². The van der Waals surface area contributed by atoms with Gasteiger partial charge < -0.3 is 8.83 Å². The standard InChI is InChI=1S/C15H11N5O3S/c1-9-10(6-7-22-9)13-17-18-15(23-13)24-8-20-14(21)11-4-2-3-5-12(11)16-19-20/h2-7H,8H2,1H3. The number of thioether (sulfide) groups is 1. The Kier molecular flexibility index (Phi) is 3.62. The van der Waals surface area contributed by atoms with E-state index in [1.165, 1.54) is 16.4 Å². The summed E-state index contributed by atoms with van der Waals surface area (Å²) in [7, 11) is 0. The second-order valence-electron chi connectivity index (χ2n) is 4.95. The highest BCUT2D eigenvalue weighted by Crippen LogP contribution is 2.26. The van der Waals surface area contributed by atoms with E-state index in [1.807, 2.05) is 13.0 Å². The van der Waals surface area contributed by atoms with E-state index in [0.717, 1.165) is 5.56 Å². The van der Waals surface area contributed by atoms with Gasteiger partial charge in [-0.3, -0.25) is 4.79 Å². The van der Waals surface area contributed by atoms with Gasteiger partial charge in [-0.2, -0.15) is 4.68 Å². The zero-order valence-corrected chi connectivity index (χ0v) is 13.4. The topological polar surface area (TPSA) is 99.8 Å². The van der Waals surface area contributed by atoms with Gasteiger partial charge in [-0.05, 0) is 36.9 Å². The Morgan fingerprint density at radius 3 is 2.88 bits per heavy atom. The molecule has 120 valence electrons. The molecule has 0 unspecified atom stereocenters. The Balaban J connectivity index is 1.56. The molecule has 0 aliphatic carbocycles. The van der Waals surface area contributed by atoms with Crippen LogP contribution in [-0.2, 0) is 5.88 Å². The number of nitrogens with zero attached hydrogens (tertiary/aromatic N) is 5. The van der Waals surface area contributed by atoms with Crippen LogP contribution >= 0.6 is 11.8 Å². The van der Waals surface area contributed by atoms with Crippen LogP contribution < -0.4 is 5.56 Å². The van der Waals surface area contributed by atoms with E-state index in [-0.39, 0.29) is 11.4 Å². The number of benzene rings is 1. The van der Waals surface area contributed by atoms with Gasteiger partial charge >= 0.3 is 0 Å². The largest absolute Gasteiger partial charge is 0.469 e. The van der Waals surface area contributed by atoms with Crippen molar-refractivity contribution in [3.05, 3.63) is 52.7 Å². The van der Waals surface area contributed by atoms with Crippen LogP contribution in [0.5, 0.6) is 0 Å². The summed E-state index contributed by atoms with van der Waals surface area (Å²) in [4.78, 5) is 12.4. The van der Waals surface area contributed by atoms with Crippen LogP contribution in [0.2, 0.25) is 0 Å². The van der Waals surface area contributed by atoms with E-state index < -0.39 is 0 Å². The highest BCUT2D eigenvalue weighted by molar-refractivity contribution is 7.98. The zero-order valence-electron chi connectivity index (χ0n) is 12.5. The van der Waals surface area contributed by atoms with Crippen molar-refractivity contribution in [3.63, 3.8) is 0 Å². The molecule has 0 radical (unpaired) electrons. The molecule has 8 nitrogen and oxygen atoms in total. The van der Waals surface area contributed by atoms with E-state index in [9.17, 15) is 4.79 Å². The Morgan fingerprint density at radius 1 is 1.17 bits per heavy atom. The summed E-state index contributed by atoms with van der Waals surface area (Å²) < 4.78 is 12.1. The molecule has 24 heavy (non-hydrogen) atoms. The minimum absolute atomic E-state index is 0.210. The summed E-state index contributed by atoms with van der Waals surface area (Å²) in [5.74, 6) is 1.30. The van der Waals surface area contributed by atoms with Crippen LogP contribution in [0.25, 0.3) is 22.4 Å². The van der Waals surface area contributed by atoms with Crippen molar-refractivity contribution in [2.24, 2.45) is 0 Å². The van der Waals surface area contributed by atoms with Gasteiger partial charge in [-0.25, -0.2) is 0 Å². The predicted octanol–water partition coefficient (Wildman–Crippen LogP) is 2.49. The normalized spacial score (nSPS) is 11.2. The first-order valence-electron chi connectivity index (χ1n) is 7.06. The zero-order chi connectivity index (χ0) is 16.5. The monoisotopic (exact) mass is 341 g/mol. The van der Waals surface area contributed by atoms with Gasteiger partial charge in [-0.15, -0.1) is 15.3 Å². The quantitative estimate of drug-likeness (QED) is 0.522. The lowest BCUT2D eigenvalue weighted by Gasteiger charge is -2.02. The molecule has 9 heteroatoms. The van der Waals surface area contributed by atoms with Crippen LogP contribution in [-0.4, -0.2) is 25.2 Å². The van der Waals surface area contributed by atoms with Crippen LogP contribution in [0.1, 0.15) is 5.76 Å². The molecule has 0 amide bonds. The summed E-state index contributed by atoms with van der Waals surface area (Å²) in [5, 5.41) is 16.8. The highest BCUT2D eigenvalue weighted by Gasteiger charge is 2.14. The molecule has 4 rings (SSSR count). The third kappa shape index (κ3) is 2.58. The van der Waals surface area contributed by atoms with Crippen molar-refractivity contribution < 1.29 is 8.83 Å². The lowest BCUT2D eigenvalue weighted by Crippen LogP contribution is -2.23. The molecule has 0 saturated carbocycles. The summed E-state index contributed by atoms with van der Waals surface area (Å²) in [5.41, 5.74) is 1.11. The molecule has 0 N–H and O–H groups in total. The molecule has 4 aromatic rings. The lowest BCUT2D eigenvalue weighted by molar-refractivity contribution is 0.461. The molecule has 0 fully saturated rings. The molecule has 3 heterocycles. The highest BCUT2D eigenvalue weighted by atomic mass is 32.2. The third-order valence-electron chi connectivity index (χ3n) is 3.44. The molecule has 0 aliphatic rings. The van der Waals surface area contributed by atoms with E-state index in [2.05, 4.69) is 20.5 Å². The maximum Gasteiger partial charge on any atom is 0.278 e. The second-order valence-corrected chi connectivity index (χ2v) is 5.84. The maximum atomic E-state index is 12.4. The van der Waals surface area contributed by atoms with Crippen LogP contribution in [0.15, 0.2) is 55.4 Å². The van der Waals surface area contributed by atoms with E-state index in [0.29, 0.717) is 27.8 Å². The van der Waals surface area contributed by atoms with Crippen molar-refractivity contribution in [1.29, 1.82) is 0 Å². The number of hydrogen-bond acceptors (Lipinski definition) is 8. The van der Waals surface area contributed by atoms with Gasteiger partial charge in [0, 0.05) is 0 Å². The Bertz CT molecular complexity index is 1070. The Labute approximate surface area is 139 Å². The summed E-state index contributed by atoms with van der Waals surface area (Å²) in [6.45, 7) is 1.82. The molecule has 3 aromatic heterocycles. The molecule has 0 bridgehead atoms. The average Bonchev–Trinajstić information content (AvgIpc) is 3.23. The molecule has 0 saturated heterocycles. The number of hydrogen-bond donors (Lipinski definition) is 0. The summed E-state index contributed by atoms with van der Waals surface area (Å²) >= 11 is 1.21. The molecule has 0 atom stereocenters. The lowest BCUT2D eigenvalue weighted by atomic mass is 10.2. The van der Waals surface area contributed by atoms with Crippen molar-refractivity contribution >= 4 is 22.7 Å². The fourth-order valence-electron chi connectivity index (χ4n) is 2.21. The number of aromatic nitrogens is 5. The van der Waals surface area contributed by atoms with Crippen molar-refractivity contribution in [3.8, 4) is 11.5 Å². The minimum atomic E-state index is -0.210. The third-order valence-corrected chi connectivity index (χ3v) is 4.22. The van der Waals surface area contributed by atoms with Gasteiger partial charge in [0.05, 0.1) is 17.2 Å². The number of fused-ring (bicyclic) bond motifs is 1. The van der Waals surface area contributed by atoms with Gasteiger partial charge in [0.1, 0.15) is 17.2 Å². The number of rotatable bonds is 4. The average molecular weight is 341 g/mol. The van der Waals surface area contributed by atoms with Crippen molar-refractivity contribution in [2.45, 2.75) is 18.0 Å². The van der Waals surface area contributed by atoms with Crippen LogP contribution in [0, 0.1) is 6.92 Å². The first kappa shape index (κ1) is 14.6. The fraction of sp³-hybridized carbons (Fsp3) is 0.133. The molecule has 1 aromatic carbocycles. The second kappa shape index (κ2) is 5.93. The molecular formula is C15H11N5O3S. The number of furan rings is 1. The first-order valence-corrected chi connectivity index (χ1v) is 8.04. The maximum absolute atomic E-state index is 12.4. The van der Waals surface area contributed by atoms with Crippen molar-refractivity contribution in [2.75, 3.05) is 0 Å². The summed E-state index contributed by atoms with van der Waals surface area (Å²) in [6.07, 6.45) is 1.56. The van der Waals surface area contributed by atoms with E-state index in [1.54, 1.807) is 30.5 Å². The molecule has 0 spiro atoms. The van der Waals surface area contributed by atoms with E-state index in [4.69, 9.17) is 8.83 Å². The fourth-order valence-corrected chi connectivity index (χ4v) is 2.85. The van der Waals surface area contributed by atoms with E-state index >= 15 is 0 Å². The minimum Gasteiger partial charge on any atom is -0.469 e. The predicted molar refractivity (Wildman–Crippen MR) is 86.4 cm³/mol.